The molecule has 0 radical (unpaired) electrons. The van der Waals surface area contributed by atoms with Crippen LogP contribution in [0.25, 0.3) is 0 Å². The molecule has 16 heavy (non-hydrogen) atoms. The third-order valence-corrected chi connectivity index (χ3v) is 2.96. The first-order valence-corrected chi connectivity index (χ1v) is 6.20. The predicted octanol–water partition coefficient (Wildman–Crippen LogP) is 2.58. The van der Waals surface area contributed by atoms with E-state index in [1.54, 1.807) is 19.1 Å². The SMILES string of the molecule is CC(O)CCNC(C)c1cc(Br)ccc1O. The van der Waals surface area contributed by atoms with Gasteiger partial charge >= 0.3 is 0 Å². The van der Waals surface area contributed by atoms with Gasteiger partial charge in [-0.15, -0.1) is 0 Å². The Morgan fingerprint density at radius 1 is 1.38 bits per heavy atom. The third-order valence-electron chi connectivity index (χ3n) is 2.47. The van der Waals surface area contributed by atoms with Crippen molar-refractivity contribution in [3.63, 3.8) is 0 Å². The van der Waals surface area contributed by atoms with Crippen LogP contribution in [0, 0.1) is 0 Å². The Morgan fingerprint density at radius 3 is 2.69 bits per heavy atom. The van der Waals surface area contributed by atoms with Gasteiger partial charge in [-0.25, -0.2) is 0 Å². The monoisotopic (exact) mass is 287 g/mol. The highest BCUT2D eigenvalue weighted by molar-refractivity contribution is 9.10. The van der Waals surface area contributed by atoms with E-state index in [0.717, 1.165) is 16.6 Å². The molecule has 0 saturated carbocycles. The van der Waals surface area contributed by atoms with Gasteiger partial charge in [0, 0.05) is 16.1 Å². The third kappa shape index (κ3) is 4.12. The molecule has 2 atom stereocenters. The average molecular weight is 288 g/mol. The number of hydrogen-bond donors (Lipinski definition) is 3. The van der Waals surface area contributed by atoms with E-state index in [1.165, 1.54) is 0 Å². The number of aliphatic hydroxyl groups is 1. The van der Waals surface area contributed by atoms with Gasteiger partial charge in [-0.3, -0.25) is 0 Å². The number of phenols is 1. The molecule has 0 saturated heterocycles. The van der Waals surface area contributed by atoms with Crippen LogP contribution < -0.4 is 5.32 Å². The van der Waals surface area contributed by atoms with Crippen LogP contribution in [0.3, 0.4) is 0 Å². The summed E-state index contributed by atoms with van der Waals surface area (Å²) in [5, 5.41) is 22.1. The molecular weight excluding hydrogens is 270 g/mol. The minimum Gasteiger partial charge on any atom is -0.508 e. The molecular formula is C12H18BrNO2. The van der Waals surface area contributed by atoms with Crippen molar-refractivity contribution in [3.05, 3.63) is 28.2 Å². The fourth-order valence-corrected chi connectivity index (χ4v) is 1.87. The lowest BCUT2D eigenvalue weighted by molar-refractivity contribution is 0.182. The zero-order valence-electron chi connectivity index (χ0n) is 9.57. The molecule has 1 aromatic rings. The molecule has 0 spiro atoms. The number of aromatic hydroxyl groups is 1. The van der Waals surface area contributed by atoms with Crippen LogP contribution in [0.2, 0.25) is 0 Å². The van der Waals surface area contributed by atoms with Crippen LogP contribution in [0.15, 0.2) is 22.7 Å². The molecule has 0 aromatic heterocycles. The largest absolute Gasteiger partial charge is 0.508 e. The summed E-state index contributed by atoms with van der Waals surface area (Å²) in [5.74, 6) is 0.292. The normalized spacial score (nSPS) is 14.8. The van der Waals surface area contributed by atoms with Crippen molar-refractivity contribution in [1.29, 1.82) is 0 Å². The molecule has 90 valence electrons. The molecule has 0 heterocycles. The van der Waals surface area contributed by atoms with Crippen molar-refractivity contribution >= 4 is 15.9 Å². The Morgan fingerprint density at radius 2 is 2.06 bits per heavy atom. The fourth-order valence-electron chi connectivity index (χ4n) is 1.49. The number of benzene rings is 1. The Balaban J connectivity index is 2.58. The second-order valence-electron chi connectivity index (χ2n) is 4.02. The Bertz CT molecular complexity index is 342. The number of nitrogens with one attached hydrogen (secondary N) is 1. The van der Waals surface area contributed by atoms with Crippen molar-refractivity contribution in [3.8, 4) is 5.75 Å². The molecule has 0 bridgehead atoms. The molecule has 0 amide bonds. The van der Waals surface area contributed by atoms with E-state index in [-0.39, 0.29) is 12.1 Å². The number of rotatable bonds is 5. The zero-order valence-corrected chi connectivity index (χ0v) is 11.2. The second kappa shape index (κ2) is 6.23. The van der Waals surface area contributed by atoms with Gasteiger partial charge in [0.25, 0.3) is 0 Å². The van der Waals surface area contributed by atoms with Gasteiger partial charge in [0.1, 0.15) is 5.75 Å². The first-order valence-electron chi connectivity index (χ1n) is 5.40. The van der Waals surface area contributed by atoms with Gasteiger partial charge in [0.15, 0.2) is 0 Å². The smallest absolute Gasteiger partial charge is 0.120 e. The van der Waals surface area contributed by atoms with Gasteiger partial charge in [-0.2, -0.15) is 0 Å². The van der Waals surface area contributed by atoms with E-state index in [0.29, 0.717) is 12.2 Å². The fraction of sp³-hybridized carbons (Fsp3) is 0.500. The van der Waals surface area contributed by atoms with Crippen LogP contribution in [0.4, 0.5) is 0 Å². The minimum absolute atomic E-state index is 0.0660. The van der Waals surface area contributed by atoms with Crippen molar-refractivity contribution < 1.29 is 10.2 Å². The molecule has 3 N–H and O–H groups in total. The number of halogens is 1. The summed E-state index contributed by atoms with van der Waals surface area (Å²) in [7, 11) is 0. The molecule has 4 heteroatoms. The van der Waals surface area contributed by atoms with Crippen molar-refractivity contribution in [2.24, 2.45) is 0 Å². The standard InChI is InChI=1S/C12H18BrNO2/c1-8(15)5-6-14-9(2)11-7-10(13)3-4-12(11)16/h3-4,7-9,14-16H,5-6H2,1-2H3. The summed E-state index contributed by atoms with van der Waals surface area (Å²) in [4.78, 5) is 0. The molecule has 3 nitrogen and oxygen atoms in total. The van der Waals surface area contributed by atoms with Crippen molar-refractivity contribution in [2.75, 3.05) is 6.54 Å². The highest BCUT2D eigenvalue weighted by atomic mass is 79.9. The highest BCUT2D eigenvalue weighted by Crippen LogP contribution is 2.27. The summed E-state index contributed by atoms with van der Waals surface area (Å²) in [5.41, 5.74) is 0.861. The zero-order chi connectivity index (χ0) is 12.1. The van der Waals surface area contributed by atoms with Crippen LogP contribution in [0.5, 0.6) is 5.75 Å². The molecule has 2 unspecified atom stereocenters. The maximum atomic E-state index is 9.70. The number of aliphatic hydroxyl groups excluding tert-OH is 1. The summed E-state index contributed by atoms with van der Waals surface area (Å²) in [6, 6.07) is 5.44. The van der Waals surface area contributed by atoms with E-state index in [4.69, 9.17) is 5.11 Å². The van der Waals surface area contributed by atoms with Crippen molar-refractivity contribution in [1.82, 2.24) is 5.32 Å². The molecule has 0 aliphatic heterocycles. The van der Waals surface area contributed by atoms with Crippen LogP contribution in [-0.4, -0.2) is 22.9 Å². The number of hydrogen-bond acceptors (Lipinski definition) is 3. The lowest BCUT2D eigenvalue weighted by Gasteiger charge is -2.16. The highest BCUT2D eigenvalue weighted by Gasteiger charge is 2.10. The van der Waals surface area contributed by atoms with Gasteiger partial charge in [-0.1, -0.05) is 15.9 Å². The van der Waals surface area contributed by atoms with Gasteiger partial charge in [0.05, 0.1) is 6.10 Å². The molecule has 1 rings (SSSR count). The maximum Gasteiger partial charge on any atom is 0.120 e. The van der Waals surface area contributed by atoms with E-state index in [1.807, 2.05) is 13.0 Å². The lowest BCUT2D eigenvalue weighted by atomic mass is 10.1. The van der Waals surface area contributed by atoms with Crippen LogP contribution in [-0.2, 0) is 0 Å². The van der Waals surface area contributed by atoms with E-state index >= 15 is 0 Å². The molecule has 0 fully saturated rings. The molecule has 0 aliphatic rings. The molecule has 1 aromatic carbocycles. The summed E-state index contributed by atoms with van der Waals surface area (Å²) >= 11 is 3.38. The summed E-state index contributed by atoms with van der Waals surface area (Å²) in [6.07, 6.45) is 0.412. The average Bonchev–Trinajstić information content (AvgIpc) is 2.21. The Kier molecular flexibility index (Phi) is 5.25. The first-order chi connectivity index (χ1) is 7.50. The van der Waals surface area contributed by atoms with Gasteiger partial charge < -0.3 is 15.5 Å². The minimum atomic E-state index is -0.296. The lowest BCUT2D eigenvalue weighted by Crippen LogP contribution is -2.22. The summed E-state index contributed by atoms with van der Waals surface area (Å²) < 4.78 is 0.949. The Labute approximate surface area is 105 Å². The van der Waals surface area contributed by atoms with E-state index in [2.05, 4.69) is 21.2 Å². The van der Waals surface area contributed by atoms with Gasteiger partial charge in [-0.05, 0) is 45.0 Å². The molecule has 0 aliphatic carbocycles. The number of phenolic OH excluding ortho intramolecular Hbond substituents is 1. The second-order valence-corrected chi connectivity index (χ2v) is 4.93. The topological polar surface area (TPSA) is 52.5 Å². The van der Waals surface area contributed by atoms with Crippen molar-refractivity contribution in [2.45, 2.75) is 32.4 Å². The van der Waals surface area contributed by atoms with E-state index in [9.17, 15) is 5.11 Å². The summed E-state index contributed by atoms with van der Waals surface area (Å²) in [6.45, 7) is 4.48. The van der Waals surface area contributed by atoms with Gasteiger partial charge in [0.2, 0.25) is 0 Å². The van der Waals surface area contributed by atoms with Crippen LogP contribution in [0.1, 0.15) is 31.9 Å². The van der Waals surface area contributed by atoms with Crippen LogP contribution >= 0.6 is 15.9 Å². The first kappa shape index (κ1) is 13.5. The van der Waals surface area contributed by atoms with E-state index < -0.39 is 0 Å². The quantitative estimate of drug-likeness (QED) is 0.780. The maximum absolute atomic E-state index is 9.70. The predicted molar refractivity (Wildman–Crippen MR) is 68.5 cm³/mol. The Hall–Kier alpha value is -0.580.